The molecule has 15 heavy (non-hydrogen) atoms. The molecule has 0 aliphatic carbocycles. The fourth-order valence-corrected chi connectivity index (χ4v) is 2.10. The molecule has 1 unspecified atom stereocenters. The molecule has 1 saturated heterocycles. The van der Waals surface area contributed by atoms with E-state index in [1.165, 1.54) is 12.8 Å². The Hall–Kier alpha value is -1.27. The second kappa shape index (κ2) is 4.50. The van der Waals surface area contributed by atoms with Gasteiger partial charge in [0.2, 0.25) is 0 Å². The van der Waals surface area contributed by atoms with E-state index in [1.54, 1.807) is 0 Å². The van der Waals surface area contributed by atoms with Crippen LogP contribution in [0, 0.1) is 18.3 Å². The van der Waals surface area contributed by atoms with E-state index in [0.717, 1.165) is 31.0 Å². The predicted molar refractivity (Wildman–Crippen MR) is 57.1 cm³/mol. The number of nitrogens with zero attached hydrogens (tertiary/aromatic N) is 2. The lowest BCUT2D eigenvalue weighted by Gasteiger charge is -2.30. The largest absolute Gasteiger partial charge is 0.465 e. The predicted octanol–water partition coefficient (Wildman–Crippen LogP) is 2.47. The van der Waals surface area contributed by atoms with Crippen molar-refractivity contribution in [2.75, 3.05) is 6.54 Å². The molecule has 1 atom stereocenters. The standard InChI is InChI=1S/C12H16N2O/c1-10-5-6-12(15-10)9-14-7-3-2-4-11(14)8-13/h5-6,11H,2-4,7,9H2,1H3. The number of likely N-dealkylation sites (tertiary alicyclic amines) is 1. The van der Waals surface area contributed by atoms with Crippen LogP contribution < -0.4 is 0 Å². The summed E-state index contributed by atoms with van der Waals surface area (Å²) in [5, 5.41) is 9.02. The highest BCUT2D eigenvalue weighted by atomic mass is 16.3. The molecule has 0 radical (unpaired) electrons. The summed E-state index contributed by atoms with van der Waals surface area (Å²) in [6.07, 6.45) is 3.36. The van der Waals surface area contributed by atoms with E-state index in [2.05, 4.69) is 11.0 Å². The Bertz CT molecular complexity index is 364. The molecule has 3 heteroatoms. The topological polar surface area (TPSA) is 40.2 Å². The van der Waals surface area contributed by atoms with Gasteiger partial charge >= 0.3 is 0 Å². The fraction of sp³-hybridized carbons (Fsp3) is 0.583. The van der Waals surface area contributed by atoms with Crippen LogP contribution in [-0.2, 0) is 6.54 Å². The van der Waals surface area contributed by atoms with Crippen LogP contribution in [0.3, 0.4) is 0 Å². The molecular weight excluding hydrogens is 188 g/mol. The number of hydrogen-bond donors (Lipinski definition) is 0. The molecule has 3 nitrogen and oxygen atoms in total. The molecule has 0 saturated carbocycles. The summed E-state index contributed by atoms with van der Waals surface area (Å²) in [6.45, 7) is 3.73. The first-order valence-electron chi connectivity index (χ1n) is 5.48. The molecule has 1 aromatic heterocycles. The Kier molecular flexibility index (Phi) is 3.08. The Morgan fingerprint density at radius 3 is 3.07 bits per heavy atom. The first-order valence-corrected chi connectivity index (χ1v) is 5.48. The summed E-state index contributed by atoms with van der Waals surface area (Å²) >= 11 is 0. The number of furan rings is 1. The third kappa shape index (κ3) is 2.40. The number of aryl methyl sites for hydroxylation is 1. The van der Waals surface area contributed by atoms with Gasteiger partial charge in [0, 0.05) is 0 Å². The number of piperidine rings is 1. The van der Waals surface area contributed by atoms with E-state index >= 15 is 0 Å². The molecule has 2 heterocycles. The summed E-state index contributed by atoms with van der Waals surface area (Å²) < 4.78 is 5.53. The summed E-state index contributed by atoms with van der Waals surface area (Å²) in [4.78, 5) is 2.21. The SMILES string of the molecule is Cc1ccc(CN2CCCCC2C#N)o1. The molecule has 0 amide bonds. The number of rotatable bonds is 2. The lowest BCUT2D eigenvalue weighted by atomic mass is 10.0. The van der Waals surface area contributed by atoms with E-state index in [9.17, 15) is 0 Å². The highest BCUT2D eigenvalue weighted by Gasteiger charge is 2.22. The van der Waals surface area contributed by atoms with Crippen molar-refractivity contribution < 1.29 is 4.42 Å². The van der Waals surface area contributed by atoms with Crippen molar-refractivity contribution >= 4 is 0 Å². The molecule has 1 aromatic rings. The van der Waals surface area contributed by atoms with Crippen molar-refractivity contribution in [1.82, 2.24) is 4.90 Å². The first-order chi connectivity index (χ1) is 7.29. The van der Waals surface area contributed by atoms with Crippen LogP contribution in [0.15, 0.2) is 16.5 Å². The van der Waals surface area contributed by atoms with Gasteiger partial charge in [-0.1, -0.05) is 0 Å². The monoisotopic (exact) mass is 204 g/mol. The molecule has 1 fully saturated rings. The van der Waals surface area contributed by atoms with Gasteiger partial charge in [0.15, 0.2) is 0 Å². The van der Waals surface area contributed by atoms with Crippen molar-refractivity contribution in [3.8, 4) is 6.07 Å². The van der Waals surface area contributed by atoms with E-state index in [4.69, 9.17) is 9.68 Å². The molecule has 80 valence electrons. The highest BCUT2D eigenvalue weighted by molar-refractivity contribution is 5.06. The van der Waals surface area contributed by atoms with Gasteiger partial charge in [-0.05, 0) is 44.9 Å². The minimum atomic E-state index is 0.0733. The molecule has 0 aromatic carbocycles. The average Bonchev–Trinajstić information content (AvgIpc) is 2.65. The van der Waals surface area contributed by atoms with Gasteiger partial charge in [0.1, 0.15) is 11.5 Å². The van der Waals surface area contributed by atoms with Crippen LogP contribution in [0.5, 0.6) is 0 Å². The quantitative estimate of drug-likeness (QED) is 0.743. The normalized spacial score (nSPS) is 22.5. The van der Waals surface area contributed by atoms with Crippen LogP contribution in [0.4, 0.5) is 0 Å². The minimum Gasteiger partial charge on any atom is -0.465 e. The maximum Gasteiger partial charge on any atom is 0.118 e. The summed E-state index contributed by atoms with van der Waals surface area (Å²) in [5.41, 5.74) is 0. The van der Waals surface area contributed by atoms with Gasteiger partial charge in [0.25, 0.3) is 0 Å². The zero-order valence-corrected chi connectivity index (χ0v) is 9.07. The van der Waals surface area contributed by atoms with Crippen LogP contribution in [0.25, 0.3) is 0 Å². The fourth-order valence-electron chi connectivity index (χ4n) is 2.10. The van der Waals surface area contributed by atoms with E-state index in [1.807, 2.05) is 19.1 Å². The second-order valence-corrected chi connectivity index (χ2v) is 4.12. The molecule has 0 spiro atoms. The molecule has 1 aliphatic rings. The summed E-state index contributed by atoms with van der Waals surface area (Å²) in [6, 6.07) is 6.41. The average molecular weight is 204 g/mol. The molecule has 0 bridgehead atoms. The maximum atomic E-state index is 9.02. The van der Waals surface area contributed by atoms with Crippen molar-refractivity contribution in [2.45, 2.75) is 38.8 Å². The lowest BCUT2D eigenvalue weighted by Crippen LogP contribution is -2.37. The molecule has 0 N–H and O–H groups in total. The van der Waals surface area contributed by atoms with E-state index in [-0.39, 0.29) is 6.04 Å². The van der Waals surface area contributed by atoms with E-state index < -0.39 is 0 Å². The number of nitriles is 1. The zero-order chi connectivity index (χ0) is 10.7. The van der Waals surface area contributed by atoms with Gasteiger partial charge in [-0.25, -0.2) is 0 Å². The first kappa shape index (κ1) is 10.3. The van der Waals surface area contributed by atoms with Crippen molar-refractivity contribution in [3.63, 3.8) is 0 Å². The van der Waals surface area contributed by atoms with Crippen molar-refractivity contribution in [1.29, 1.82) is 5.26 Å². The minimum absolute atomic E-state index is 0.0733. The smallest absolute Gasteiger partial charge is 0.118 e. The Labute approximate surface area is 90.3 Å². The van der Waals surface area contributed by atoms with Gasteiger partial charge in [0.05, 0.1) is 18.7 Å². The van der Waals surface area contributed by atoms with Crippen LogP contribution in [-0.4, -0.2) is 17.5 Å². The Morgan fingerprint density at radius 2 is 2.40 bits per heavy atom. The van der Waals surface area contributed by atoms with Gasteiger partial charge in [-0.2, -0.15) is 5.26 Å². The Balaban J connectivity index is 2.01. The summed E-state index contributed by atoms with van der Waals surface area (Å²) in [5.74, 6) is 1.91. The second-order valence-electron chi connectivity index (χ2n) is 4.12. The van der Waals surface area contributed by atoms with Crippen LogP contribution in [0.2, 0.25) is 0 Å². The van der Waals surface area contributed by atoms with Crippen molar-refractivity contribution in [2.24, 2.45) is 0 Å². The van der Waals surface area contributed by atoms with Crippen LogP contribution >= 0.6 is 0 Å². The molecule has 2 rings (SSSR count). The third-order valence-electron chi connectivity index (χ3n) is 2.92. The molecular formula is C12H16N2O. The van der Waals surface area contributed by atoms with Crippen LogP contribution in [0.1, 0.15) is 30.8 Å². The van der Waals surface area contributed by atoms with Crippen molar-refractivity contribution in [3.05, 3.63) is 23.7 Å². The highest BCUT2D eigenvalue weighted by Crippen LogP contribution is 2.19. The van der Waals surface area contributed by atoms with Gasteiger partial charge in [-0.3, -0.25) is 4.90 Å². The van der Waals surface area contributed by atoms with Gasteiger partial charge < -0.3 is 4.42 Å². The van der Waals surface area contributed by atoms with E-state index in [0.29, 0.717) is 0 Å². The molecule has 1 aliphatic heterocycles. The lowest BCUT2D eigenvalue weighted by molar-refractivity contribution is 0.163. The Morgan fingerprint density at radius 1 is 1.53 bits per heavy atom. The summed E-state index contributed by atoms with van der Waals surface area (Å²) in [7, 11) is 0. The third-order valence-corrected chi connectivity index (χ3v) is 2.92. The van der Waals surface area contributed by atoms with Gasteiger partial charge in [-0.15, -0.1) is 0 Å². The zero-order valence-electron chi connectivity index (χ0n) is 9.07. The maximum absolute atomic E-state index is 9.02. The number of hydrogen-bond acceptors (Lipinski definition) is 3.